The van der Waals surface area contributed by atoms with Crippen molar-refractivity contribution in [3.8, 4) is 0 Å². The summed E-state index contributed by atoms with van der Waals surface area (Å²) in [6.45, 7) is 8.06. The van der Waals surface area contributed by atoms with Crippen molar-refractivity contribution in [2.75, 3.05) is 18.9 Å². The molecule has 0 unspecified atom stereocenters. The Morgan fingerprint density at radius 2 is 2.00 bits per heavy atom. The smallest absolute Gasteiger partial charge is 0.0341 e. The van der Waals surface area contributed by atoms with Gasteiger partial charge in [-0.1, -0.05) is 19.9 Å². The van der Waals surface area contributed by atoms with E-state index in [0.29, 0.717) is 0 Å². The normalized spacial score (nSPS) is 15.5. The molecule has 1 heterocycles. The van der Waals surface area contributed by atoms with E-state index >= 15 is 0 Å². The lowest BCUT2D eigenvalue weighted by atomic mass is 10.1. The average Bonchev–Trinajstić information content (AvgIpc) is 2.67. The Balaban J connectivity index is 1.98. The Bertz CT molecular complexity index is 358. The van der Waals surface area contributed by atoms with Crippen LogP contribution in [0.5, 0.6) is 0 Å². The zero-order valence-corrected chi connectivity index (χ0v) is 10.6. The summed E-state index contributed by atoms with van der Waals surface area (Å²) in [5, 5.41) is 3.20. The van der Waals surface area contributed by atoms with Crippen LogP contribution in [0, 0.1) is 5.92 Å². The van der Waals surface area contributed by atoms with Crippen LogP contribution >= 0.6 is 0 Å². The van der Waals surface area contributed by atoms with Gasteiger partial charge in [0, 0.05) is 25.8 Å². The molecule has 0 bridgehead atoms. The number of hydrogen-bond acceptors (Lipinski definition) is 2. The van der Waals surface area contributed by atoms with Gasteiger partial charge in [-0.25, -0.2) is 0 Å². The van der Waals surface area contributed by atoms with Crippen molar-refractivity contribution < 1.29 is 0 Å². The van der Waals surface area contributed by atoms with Gasteiger partial charge in [0.2, 0.25) is 0 Å². The largest absolute Gasteiger partial charge is 0.388 e. The van der Waals surface area contributed by atoms with Crippen LogP contribution in [0.15, 0.2) is 18.2 Å². The van der Waals surface area contributed by atoms with E-state index in [1.807, 2.05) is 7.05 Å². The molecule has 1 aliphatic rings. The summed E-state index contributed by atoms with van der Waals surface area (Å²) in [5.41, 5.74) is 4.22. The lowest BCUT2D eigenvalue weighted by Crippen LogP contribution is -2.18. The third-order valence-corrected chi connectivity index (χ3v) is 3.31. The van der Waals surface area contributed by atoms with Crippen molar-refractivity contribution in [1.82, 2.24) is 4.90 Å². The Hall–Kier alpha value is -1.02. The maximum atomic E-state index is 3.20. The molecule has 0 aromatic heterocycles. The molecule has 1 N–H and O–H groups in total. The van der Waals surface area contributed by atoms with Crippen LogP contribution in [0.4, 0.5) is 5.69 Å². The molecule has 2 nitrogen and oxygen atoms in total. The molecular weight excluding hydrogens is 196 g/mol. The highest BCUT2D eigenvalue weighted by Gasteiger charge is 2.18. The van der Waals surface area contributed by atoms with E-state index in [9.17, 15) is 0 Å². The van der Waals surface area contributed by atoms with E-state index in [1.54, 1.807) is 0 Å². The summed E-state index contributed by atoms with van der Waals surface area (Å²) in [6.07, 6.45) is 1.30. The van der Waals surface area contributed by atoms with Crippen molar-refractivity contribution >= 4 is 5.69 Å². The first kappa shape index (κ1) is 11.5. The minimum absolute atomic E-state index is 0.802. The lowest BCUT2D eigenvalue weighted by molar-refractivity contribution is 0.266. The van der Waals surface area contributed by atoms with Crippen LogP contribution in [-0.2, 0) is 13.1 Å². The fourth-order valence-electron chi connectivity index (χ4n) is 2.22. The quantitative estimate of drug-likeness (QED) is 0.835. The number of rotatable bonds is 4. The summed E-state index contributed by atoms with van der Waals surface area (Å²) < 4.78 is 0. The summed E-state index contributed by atoms with van der Waals surface area (Å²) in [5.74, 6) is 0.802. The first-order valence-electron chi connectivity index (χ1n) is 6.21. The fourth-order valence-corrected chi connectivity index (χ4v) is 2.22. The van der Waals surface area contributed by atoms with E-state index in [0.717, 1.165) is 19.0 Å². The van der Waals surface area contributed by atoms with Crippen molar-refractivity contribution in [1.29, 1.82) is 0 Å². The minimum atomic E-state index is 0.802. The van der Waals surface area contributed by atoms with E-state index in [1.165, 1.54) is 29.8 Å². The molecule has 1 aromatic rings. The molecule has 88 valence electrons. The number of fused-ring (bicyclic) bond motifs is 1. The number of nitrogens with zero attached hydrogens (tertiary/aromatic N) is 1. The van der Waals surface area contributed by atoms with Gasteiger partial charge in [-0.3, -0.25) is 4.90 Å². The van der Waals surface area contributed by atoms with Crippen LogP contribution in [0.25, 0.3) is 0 Å². The highest BCUT2D eigenvalue weighted by Crippen LogP contribution is 2.25. The summed E-state index contributed by atoms with van der Waals surface area (Å²) in [4.78, 5) is 2.55. The summed E-state index contributed by atoms with van der Waals surface area (Å²) >= 11 is 0. The molecule has 2 rings (SSSR count). The van der Waals surface area contributed by atoms with Crippen LogP contribution in [0.2, 0.25) is 0 Å². The molecule has 0 atom stereocenters. The first-order chi connectivity index (χ1) is 7.69. The van der Waals surface area contributed by atoms with Gasteiger partial charge in [0.05, 0.1) is 0 Å². The Morgan fingerprint density at radius 1 is 1.25 bits per heavy atom. The Morgan fingerprint density at radius 3 is 2.69 bits per heavy atom. The van der Waals surface area contributed by atoms with Gasteiger partial charge in [0.1, 0.15) is 0 Å². The molecule has 0 fully saturated rings. The first-order valence-corrected chi connectivity index (χ1v) is 6.21. The second kappa shape index (κ2) is 4.88. The Labute approximate surface area is 98.7 Å². The van der Waals surface area contributed by atoms with E-state index < -0.39 is 0 Å². The van der Waals surface area contributed by atoms with Gasteiger partial charge in [-0.05, 0) is 42.1 Å². The second-order valence-electron chi connectivity index (χ2n) is 5.13. The van der Waals surface area contributed by atoms with E-state index in [-0.39, 0.29) is 0 Å². The maximum Gasteiger partial charge on any atom is 0.0341 e. The van der Waals surface area contributed by atoms with Gasteiger partial charge in [-0.15, -0.1) is 0 Å². The zero-order valence-electron chi connectivity index (χ0n) is 10.6. The van der Waals surface area contributed by atoms with Gasteiger partial charge in [0.15, 0.2) is 0 Å². The summed E-state index contributed by atoms with van der Waals surface area (Å²) in [6, 6.07) is 6.71. The van der Waals surface area contributed by atoms with Gasteiger partial charge in [-0.2, -0.15) is 0 Å². The molecule has 1 aromatic carbocycles. The standard InChI is InChI=1S/C14H22N2/c1-11(2)6-7-16-9-12-4-5-14(15-3)8-13(12)10-16/h4-5,8,11,15H,6-7,9-10H2,1-3H3. The highest BCUT2D eigenvalue weighted by molar-refractivity contribution is 5.49. The van der Waals surface area contributed by atoms with Crippen molar-refractivity contribution in [2.45, 2.75) is 33.4 Å². The minimum Gasteiger partial charge on any atom is -0.388 e. The number of anilines is 1. The fraction of sp³-hybridized carbons (Fsp3) is 0.571. The number of nitrogens with one attached hydrogen (secondary N) is 1. The van der Waals surface area contributed by atoms with Crippen molar-refractivity contribution in [2.24, 2.45) is 5.92 Å². The molecule has 0 amide bonds. The molecule has 16 heavy (non-hydrogen) atoms. The SMILES string of the molecule is CNc1ccc2c(c1)CN(CCC(C)C)C2. The molecule has 0 saturated heterocycles. The lowest BCUT2D eigenvalue weighted by Gasteiger charge is -2.15. The predicted molar refractivity (Wildman–Crippen MR) is 69.6 cm³/mol. The van der Waals surface area contributed by atoms with E-state index in [2.05, 4.69) is 42.3 Å². The predicted octanol–water partition coefficient (Wildman–Crippen LogP) is 3.09. The van der Waals surface area contributed by atoms with Crippen LogP contribution < -0.4 is 5.32 Å². The third kappa shape index (κ3) is 2.56. The van der Waals surface area contributed by atoms with Gasteiger partial charge < -0.3 is 5.32 Å². The summed E-state index contributed by atoms with van der Waals surface area (Å²) in [7, 11) is 1.98. The van der Waals surface area contributed by atoms with Crippen LogP contribution in [0.1, 0.15) is 31.4 Å². The zero-order chi connectivity index (χ0) is 11.5. The molecule has 1 aliphatic heterocycles. The topological polar surface area (TPSA) is 15.3 Å². The molecule has 0 spiro atoms. The van der Waals surface area contributed by atoms with Crippen LogP contribution in [0.3, 0.4) is 0 Å². The van der Waals surface area contributed by atoms with Crippen molar-refractivity contribution in [3.63, 3.8) is 0 Å². The average molecular weight is 218 g/mol. The third-order valence-electron chi connectivity index (χ3n) is 3.31. The molecule has 0 saturated carbocycles. The van der Waals surface area contributed by atoms with E-state index in [4.69, 9.17) is 0 Å². The van der Waals surface area contributed by atoms with Gasteiger partial charge >= 0.3 is 0 Å². The number of benzene rings is 1. The second-order valence-corrected chi connectivity index (χ2v) is 5.13. The molecular formula is C14H22N2. The Kier molecular flexibility index (Phi) is 3.49. The molecule has 0 radical (unpaired) electrons. The number of hydrogen-bond donors (Lipinski definition) is 1. The van der Waals surface area contributed by atoms with Gasteiger partial charge in [0.25, 0.3) is 0 Å². The maximum absolute atomic E-state index is 3.20. The molecule has 0 aliphatic carbocycles. The van der Waals surface area contributed by atoms with Crippen molar-refractivity contribution in [3.05, 3.63) is 29.3 Å². The highest BCUT2D eigenvalue weighted by atomic mass is 15.1. The monoisotopic (exact) mass is 218 g/mol. The molecule has 2 heteroatoms. The van der Waals surface area contributed by atoms with Crippen LogP contribution in [-0.4, -0.2) is 18.5 Å².